The summed E-state index contributed by atoms with van der Waals surface area (Å²) in [4.78, 5) is 18.1. The first-order valence-electron chi connectivity index (χ1n) is 6.79. The molecule has 7 nitrogen and oxygen atoms in total. The Morgan fingerprint density at radius 1 is 1.50 bits per heavy atom. The van der Waals surface area contributed by atoms with Crippen LogP contribution in [0.4, 0.5) is 0 Å². The highest BCUT2D eigenvalue weighted by atomic mass is 35.5. The number of hydrogen-bond acceptors (Lipinski definition) is 5. The van der Waals surface area contributed by atoms with E-state index in [0.29, 0.717) is 19.7 Å². The Kier molecular flexibility index (Phi) is 4.00. The topological polar surface area (TPSA) is 80.5 Å². The highest BCUT2D eigenvalue weighted by molar-refractivity contribution is 6.28. The lowest BCUT2D eigenvalue weighted by atomic mass is 10.1. The lowest BCUT2D eigenvalue weighted by Gasteiger charge is -2.18. The van der Waals surface area contributed by atoms with Crippen LogP contribution < -0.4 is 4.74 Å². The second-order valence-corrected chi connectivity index (χ2v) is 5.34. The fraction of sp³-hybridized carbons (Fsp3) is 0.357. The number of ether oxygens (including phenoxy) is 1. The monoisotopic (exact) mass is 322 g/mol. The Bertz CT molecular complexity index is 697. The summed E-state index contributed by atoms with van der Waals surface area (Å²) in [5, 5.41) is 13.4. The molecule has 2 heterocycles. The number of rotatable bonds is 2. The molecule has 22 heavy (non-hydrogen) atoms. The van der Waals surface area contributed by atoms with Crippen LogP contribution in [0.3, 0.4) is 0 Å². The van der Waals surface area contributed by atoms with Crippen LogP contribution in [0.2, 0.25) is 5.28 Å². The zero-order chi connectivity index (χ0) is 15.7. The van der Waals surface area contributed by atoms with Crippen molar-refractivity contribution in [2.45, 2.75) is 13.2 Å². The van der Waals surface area contributed by atoms with Crippen LogP contribution in [0.15, 0.2) is 18.2 Å². The van der Waals surface area contributed by atoms with E-state index in [1.165, 1.54) is 4.68 Å². The van der Waals surface area contributed by atoms with Crippen LogP contribution in [0.5, 0.6) is 5.75 Å². The van der Waals surface area contributed by atoms with Gasteiger partial charge in [0.05, 0.1) is 13.2 Å². The van der Waals surface area contributed by atoms with Crippen molar-refractivity contribution in [1.82, 2.24) is 19.7 Å². The van der Waals surface area contributed by atoms with Crippen LogP contribution in [-0.2, 0) is 20.2 Å². The van der Waals surface area contributed by atoms with E-state index in [0.717, 1.165) is 16.9 Å². The average molecular weight is 323 g/mol. The molecule has 0 aliphatic carbocycles. The first-order chi connectivity index (χ1) is 10.6. The number of carbonyl (C=O) groups is 1. The van der Waals surface area contributed by atoms with Crippen molar-refractivity contribution in [1.29, 1.82) is 0 Å². The molecule has 0 bridgehead atoms. The number of aliphatic hydroxyl groups excluding tert-OH is 1. The van der Waals surface area contributed by atoms with E-state index in [9.17, 15) is 9.90 Å². The molecule has 116 valence electrons. The molecule has 0 atom stereocenters. The molecule has 1 aromatic heterocycles. The highest BCUT2D eigenvalue weighted by Gasteiger charge is 2.24. The molecule has 1 amide bonds. The lowest BCUT2D eigenvalue weighted by Crippen LogP contribution is -2.33. The van der Waals surface area contributed by atoms with E-state index in [4.69, 9.17) is 16.3 Å². The third kappa shape index (κ3) is 2.77. The lowest BCUT2D eigenvalue weighted by molar-refractivity contribution is 0.0720. The first-order valence-corrected chi connectivity index (χ1v) is 7.17. The summed E-state index contributed by atoms with van der Waals surface area (Å²) in [6.07, 6.45) is 0. The summed E-state index contributed by atoms with van der Waals surface area (Å²) in [5.41, 5.74) is 1.62. The van der Waals surface area contributed by atoms with E-state index in [-0.39, 0.29) is 23.6 Å². The second-order valence-electron chi connectivity index (χ2n) is 5.00. The van der Waals surface area contributed by atoms with Gasteiger partial charge in [0, 0.05) is 19.2 Å². The number of halogens is 1. The number of benzene rings is 1. The molecule has 0 fully saturated rings. The fourth-order valence-corrected chi connectivity index (χ4v) is 2.43. The number of aryl methyl sites for hydroxylation is 1. The summed E-state index contributed by atoms with van der Waals surface area (Å²) in [5.74, 6) is 0.488. The van der Waals surface area contributed by atoms with Crippen LogP contribution in [0.25, 0.3) is 0 Å². The van der Waals surface area contributed by atoms with Crippen LogP contribution in [-0.4, -0.2) is 43.8 Å². The van der Waals surface area contributed by atoms with E-state index in [1.54, 1.807) is 18.0 Å². The largest absolute Gasteiger partial charge is 0.491 e. The van der Waals surface area contributed by atoms with Gasteiger partial charge in [0.2, 0.25) is 11.1 Å². The Hall–Kier alpha value is -2.12. The SMILES string of the molecule is Cn1nc(C(=O)N2CCOc3ccc(CO)cc3C2)nc1Cl. The molecule has 0 unspecified atom stereocenters. The van der Waals surface area contributed by atoms with Gasteiger partial charge in [0.15, 0.2) is 0 Å². The van der Waals surface area contributed by atoms with Crippen molar-refractivity contribution in [2.75, 3.05) is 13.2 Å². The van der Waals surface area contributed by atoms with Crippen LogP contribution in [0.1, 0.15) is 21.7 Å². The van der Waals surface area contributed by atoms with Gasteiger partial charge in [-0.3, -0.25) is 4.79 Å². The van der Waals surface area contributed by atoms with Gasteiger partial charge >= 0.3 is 0 Å². The van der Waals surface area contributed by atoms with Gasteiger partial charge in [-0.25, -0.2) is 4.68 Å². The smallest absolute Gasteiger partial charge is 0.293 e. The minimum atomic E-state index is -0.298. The van der Waals surface area contributed by atoms with Crippen molar-refractivity contribution >= 4 is 17.5 Å². The van der Waals surface area contributed by atoms with Gasteiger partial charge in [-0.2, -0.15) is 4.98 Å². The van der Waals surface area contributed by atoms with Crippen LogP contribution >= 0.6 is 11.6 Å². The predicted molar refractivity (Wildman–Crippen MR) is 78.6 cm³/mol. The minimum absolute atomic E-state index is 0.0569. The summed E-state index contributed by atoms with van der Waals surface area (Å²) in [6, 6.07) is 5.45. The normalized spacial score (nSPS) is 14.2. The Morgan fingerprint density at radius 3 is 3.00 bits per heavy atom. The average Bonchev–Trinajstić information content (AvgIpc) is 2.74. The maximum absolute atomic E-state index is 12.5. The van der Waals surface area contributed by atoms with Crippen molar-refractivity contribution in [3.63, 3.8) is 0 Å². The standard InChI is InChI=1S/C14H15ClN4O3/c1-18-14(15)16-12(17-18)13(21)19-4-5-22-11-3-2-9(8-20)6-10(11)7-19/h2-3,6,20H,4-5,7-8H2,1H3. The number of hydrogen-bond donors (Lipinski definition) is 1. The molecule has 0 saturated heterocycles. The van der Waals surface area contributed by atoms with E-state index in [1.807, 2.05) is 12.1 Å². The van der Waals surface area contributed by atoms with Crippen molar-refractivity contribution < 1.29 is 14.6 Å². The Morgan fingerprint density at radius 2 is 2.32 bits per heavy atom. The molecule has 3 rings (SSSR count). The quantitative estimate of drug-likeness (QED) is 0.892. The predicted octanol–water partition coefficient (Wildman–Crippen LogP) is 0.996. The number of aromatic nitrogens is 3. The number of carbonyl (C=O) groups excluding carboxylic acids is 1. The van der Waals surface area contributed by atoms with Gasteiger partial charge in [-0.15, -0.1) is 5.10 Å². The summed E-state index contributed by atoms with van der Waals surface area (Å²) in [7, 11) is 1.63. The fourth-order valence-electron chi connectivity index (χ4n) is 2.32. The number of aliphatic hydroxyl groups is 1. The third-order valence-electron chi connectivity index (χ3n) is 3.48. The van der Waals surface area contributed by atoms with E-state index in [2.05, 4.69) is 10.1 Å². The zero-order valence-corrected chi connectivity index (χ0v) is 12.7. The van der Waals surface area contributed by atoms with Crippen molar-refractivity contribution in [2.24, 2.45) is 7.05 Å². The van der Waals surface area contributed by atoms with Gasteiger partial charge in [-0.1, -0.05) is 6.07 Å². The highest BCUT2D eigenvalue weighted by Crippen LogP contribution is 2.25. The van der Waals surface area contributed by atoms with Gasteiger partial charge in [-0.05, 0) is 29.3 Å². The second kappa shape index (κ2) is 5.94. The maximum Gasteiger partial charge on any atom is 0.293 e. The Labute approximate surface area is 132 Å². The molecule has 2 aromatic rings. The molecular weight excluding hydrogens is 308 g/mol. The molecular formula is C14H15ClN4O3. The van der Waals surface area contributed by atoms with Crippen molar-refractivity contribution in [3.05, 3.63) is 40.4 Å². The molecule has 1 aliphatic heterocycles. The molecule has 1 aromatic carbocycles. The van der Waals surface area contributed by atoms with Gasteiger partial charge in [0.25, 0.3) is 5.91 Å². The molecule has 1 aliphatic rings. The van der Waals surface area contributed by atoms with Crippen molar-refractivity contribution in [3.8, 4) is 5.75 Å². The third-order valence-corrected chi connectivity index (χ3v) is 3.81. The van der Waals surface area contributed by atoms with Crippen LogP contribution in [0, 0.1) is 0 Å². The molecule has 1 N–H and O–H groups in total. The maximum atomic E-state index is 12.5. The van der Waals surface area contributed by atoms with E-state index >= 15 is 0 Å². The number of nitrogens with zero attached hydrogens (tertiary/aromatic N) is 4. The van der Waals surface area contributed by atoms with Gasteiger partial charge < -0.3 is 14.7 Å². The zero-order valence-electron chi connectivity index (χ0n) is 12.0. The van der Waals surface area contributed by atoms with Gasteiger partial charge in [0.1, 0.15) is 12.4 Å². The number of fused-ring (bicyclic) bond motifs is 1. The minimum Gasteiger partial charge on any atom is -0.491 e. The summed E-state index contributed by atoms with van der Waals surface area (Å²) in [6.45, 7) is 1.13. The molecule has 0 radical (unpaired) electrons. The first kappa shape index (κ1) is 14.8. The van der Waals surface area contributed by atoms with E-state index < -0.39 is 0 Å². The molecule has 0 spiro atoms. The molecule has 8 heteroatoms. The summed E-state index contributed by atoms with van der Waals surface area (Å²) < 4.78 is 6.99. The molecule has 0 saturated carbocycles. The summed E-state index contributed by atoms with van der Waals surface area (Å²) >= 11 is 5.83. The Balaban J connectivity index is 1.87. The number of amides is 1.